The summed E-state index contributed by atoms with van der Waals surface area (Å²) in [6.45, 7) is 3.94. The van der Waals surface area contributed by atoms with Gasteiger partial charge in [-0.25, -0.2) is 9.97 Å². The van der Waals surface area contributed by atoms with Gasteiger partial charge in [-0.15, -0.1) is 0 Å². The van der Waals surface area contributed by atoms with Gasteiger partial charge in [0.25, 0.3) is 0 Å². The fourth-order valence-corrected chi connectivity index (χ4v) is 5.02. The number of hydrogen-bond donors (Lipinski definition) is 1. The summed E-state index contributed by atoms with van der Waals surface area (Å²) in [5.74, 6) is 4.35. The molecule has 29 heavy (non-hydrogen) atoms. The van der Waals surface area contributed by atoms with E-state index in [0.717, 1.165) is 79.6 Å². The highest BCUT2D eigenvalue weighted by molar-refractivity contribution is 7.99. The van der Waals surface area contributed by atoms with Gasteiger partial charge < -0.3 is 10.2 Å². The molecule has 154 valence electrons. The maximum absolute atomic E-state index is 12.8. The van der Waals surface area contributed by atoms with Crippen LogP contribution in [0.5, 0.6) is 0 Å². The Labute approximate surface area is 176 Å². The summed E-state index contributed by atoms with van der Waals surface area (Å²) in [4.78, 5) is 28.3. The van der Waals surface area contributed by atoms with Crippen LogP contribution in [0.2, 0.25) is 0 Å². The molecule has 1 aliphatic carbocycles. The van der Waals surface area contributed by atoms with E-state index in [0.29, 0.717) is 11.9 Å². The molecule has 4 rings (SSSR count). The van der Waals surface area contributed by atoms with Crippen molar-refractivity contribution < 1.29 is 4.79 Å². The van der Waals surface area contributed by atoms with Crippen molar-refractivity contribution >= 4 is 23.5 Å². The molecule has 0 aromatic carbocycles. The van der Waals surface area contributed by atoms with Gasteiger partial charge in [-0.2, -0.15) is 11.8 Å². The number of carbonyl (C=O) groups excluding carboxylic acids is 1. The average Bonchev–Trinajstić information content (AvgIpc) is 2.80. The number of carbonyl (C=O) groups is 1. The van der Waals surface area contributed by atoms with Crippen LogP contribution < -0.4 is 5.32 Å². The first-order valence-corrected chi connectivity index (χ1v) is 11.8. The molecular weight excluding hydrogens is 382 g/mol. The Morgan fingerprint density at radius 1 is 1.14 bits per heavy atom. The normalized spacial score (nSPS) is 22.3. The van der Waals surface area contributed by atoms with E-state index >= 15 is 0 Å². The second-order valence-corrected chi connectivity index (χ2v) is 9.01. The van der Waals surface area contributed by atoms with Crippen LogP contribution in [-0.2, 0) is 11.2 Å². The predicted molar refractivity (Wildman–Crippen MR) is 118 cm³/mol. The number of aryl methyl sites for hydroxylation is 1. The first-order valence-electron chi connectivity index (χ1n) is 10.6. The molecule has 2 aromatic rings. The number of amides is 1. The van der Waals surface area contributed by atoms with Crippen molar-refractivity contribution in [3.05, 3.63) is 36.3 Å². The number of rotatable bonds is 5. The van der Waals surface area contributed by atoms with Crippen LogP contribution in [0.1, 0.15) is 38.3 Å². The van der Waals surface area contributed by atoms with Crippen molar-refractivity contribution in [2.75, 3.05) is 29.9 Å². The van der Waals surface area contributed by atoms with Crippen LogP contribution in [0.3, 0.4) is 0 Å². The van der Waals surface area contributed by atoms with Gasteiger partial charge in [0.1, 0.15) is 5.82 Å². The lowest BCUT2D eigenvalue weighted by Gasteiger charge is -2.34. The smallest absolute Gasteiger partial charge is 0.225 e. The third-order valence-corrected chi connectivity index (χ3v) is 6.77. The summed E-state index contributed by atoms with van der Waals surface area (Å²) in [7, 11) is 0. The van der Waals surface area contributed by atoms with Gasteiger partial charge >= 0.3 is 0 Å². The van der Waals surface area contributed by atoms with Crippen molar-refractivity contribution in [2.24, 2.45) is 5.92 Å². The van der Waals surface area contributed by atoms with Crippen LogP contribution in [0.4, 0.5) is 5.82 Å². The molecule has 2 fully saturated rings. The molecule has 1 saturated heterocycles. The van der Waals surface area contributed by atoms with E-state index in [1.165, 1.54) is 0 Å². The zero-order chi connectivity index (χ0) is 20.1. The molecule has 1 aliphatic heterocycles. The van der Waals surface area contributed by atoms with Crippen LogP contribution in [0, 0.1) is 5.92 Å². The zero-order valence-corrected chi connectivity index (χ0v) is 17.8. The van der Waals surface area contributed by atoms with Crippen molar-refractivity contribution in [3.8, 4) is 11.4 Å². The number of hydrogen-bond acceptors (Lipinski definition) is 6. The minimum Gasteiger partial charge on any atom is -0.367 e. The summed E-state index contributed by atoms with van der Waals surface area (Å²) in [5.41, 5.74) is 2.01. The molecule has 1 saturated carbocycles. The van der Waals surface area contributed by atoms with Crippen LogP contribution >= 0.6 is 11.8 Å². The van der Waals surface area contributed by atoms with Crippen molar-refractivity contribution in [3.63, 3.8) is 0 Å². The summed E-state index contributed by atoms with van der Waals surface area (Å²) in [6.07, 6.45) is 8.34. The van der Waals surface area contributed by atoms with E-state index in [1.807, 2.05) is 30.0 Å². The number of anilines is 1. The van der Waals surface area contributed by atoms with Gasteiger partial charge in [-0.3, -0.25) is 9.78 Å². The Bertz CT molecular complexity index is 817. The molecule has 0 radical (unpaired) electrons. The van der Waals surface area contributed by atoms with Gasteiger partial charge in [0.2, 0.25) is 5.91 Å². The highest BCUT2D eigenvalue weighted by Gasteiger charge is 2.30. The zero-order valence-electron chi connectivity index (χ0n) is 17.0. The van der Waals surface area contributed by atoms with E-state index in [2.05, 4.69) is 27.1 Å². The maximum Gasteiger partial charge on any atom is 0.225 e. The number of aromatic nitrogens is 3. The summed E-state index contributed by atoms with van der Waals surface area (Å²) in [6, 6.07) is 6.29. The van der Waals surface area contributed by atoms with Gasteiger partial charge in [0.05, 0.1) is 0 Å². The largest absolute Gasteiger partial charge is 0.367 e. The number of nitrogens with one attached hydrogen (secondary N) is 1. The molecule has 2 aliphatic rings. The molecule has 0 unspecified atom stereocenters. The monoisotopic (exact) mass is 411 g/mol. The molecule has 1 N–H and O–H groups in total. The third kappa shape index (κ3) is 5.07. The number of thioether (sulfide) groups is 1. The average molecular weight is 412 g/mol. The summed E-state index contributed by atoms with van der Waals surface area (Å²) >= 11 is 1.95. The second kappa shape index (κ2) is 9.57. The van der Waals surface area contributed by atoms with Gasteiger partial charge in [-0.1, -0.05) is 6.92 Å². The lowest BCUT2D eigenvalue weighted by atomic mass is 9.85. The summed E-state index contributed by atoms with van der Waals surface area (Å²) in [5, 5.41) is 3.61. The van der Waals surface area contributed by atoms with Crippen molar-refractivity contribution in [2.45, 2.75) is 45.1 Å². The van der Waals surface area contributed by atoms with E-state index in [-0.39, 0.29) is 5.92 Å². The molecule has 0 atom stereocenters. The number of nitrogens with zero attached hydrogens (tertiary/aromatic N) is 4. The van der Waals surface area contributed by atoms with Gasteiger partial charge in [0, 0.05) is 66.3 Å². The molecule has 3 heterocycles. The highest BCUT2D eigenvalue weighted by Crippen LogP contribution is 2.29. The lowest BCUT2D eigenvalue weighted by molar-refractivity contribution is -0.136. The minimum absolute atomic E-state index is 0.195. The van der Waals surface area contributed by atoms with Gasteiger partial charge in [0.15, 0.2) is 5.82 Å². The van der Waals surface area contributed by atoms with E-state index in [4.69, 9.17) is 4.98 Å². The Kier molecular flexibility index (Phi) is 6.64. The minimum atomic E-state index is 0.195. The van der Waals surface area contributed by atoms with E-state index < -0.39 is 0 Å². The molecule has 2 aromatic heterocycles. The topological polar surface area (TPSA) is 71.0 Å². The molecular formula is C22H29N5OS. The van der Waals surface area contributed by atoms with Crippen LogP contribution in [-0.4, -0.2) is 56.4 Å². The first kappa shape index (κ1) is 20.1. The quantitative estimate of drug-likeness (QED) is 0.810. The third-order valence-electron chi connectivity index (χ3n) is 5.83. The lowest BCUT2D eigenvalue weighted by Crippen LogP contribution is -2.43. The standard InChI is InChI=1S/C22H29N5OS/c1-2-18-15-20(26-21(25-18)16-7-9-23-10-8-16)24-19-5-3-17(4-6-19)22(28)27-11-13-29-14-12-27/h7-10,15,17,19H,2-6,11-14H2,1H3,(H,24,25,26). The molecule has 6 nitrogen and oxygen atoms in total. The molecule has 1 amide bonds. The van der Waals surface area contributed by atoms with E-state index in [1.54, 1.807) is 12.4 Å². The summed E-state index contributed by atoms with van der Waals surface area (Å²) < 4.78 is 0. The SMILES string of the molecule is CCc1cc(NC2CCC(C(=O)N3CCSCC3)CC2)nc(-c2ccncc2)n1. The second-order valence-electron chi connectivity index (χ2n) is 7.79. The van der Waals surface area contributed by atoms with Crippen molar-refractivity contribution in [1.82, 2.24) is 19.9 Å². The first-order chi connectivity index (χ1) is 14.2. The maximum atomic E-state index is 12.8. The fourth-order valence-electron chi connectivity index (χ4n) is 4.12. The van der Waals surface area contributed by atoms with Crippen LogP contribution in [0.25, 0.3) is 11.4 Å². The molecule has 0 bridgehead atoms. The highest BCUT2D eigenvalue weighted by atomic mass is 32.2. The number of pyridine rings is 1. The Morgan fingerprint density at radius 3 is 2.55 bits per heavy atom. The molecule has 7 heteroatoms. The van der Waals surface area contributed by atoms with Gasteiger partial charge in [-0.05, 0) is 44.2 Å². The Hall–Kier alpha value is -2.15. The molecule has 0 spiro atoms. The van der Waals surface area contributed by atoms with Crippen LogP contribution in [0.15, 0.2) is 30.6 Å². The Balaban J connectivity index is 1.38. The fraction of sp³-hybridized carbons (Fsp3) is 0.545. The van der Waals surface area contributed by atoms with E-state index in [9.17, 15) is 4.79 Å². The Morgan fingerprint density at radius 2 is 1.86 bits per heavy atom. The van der Waals surface area contributed by atoms with Crippen molar-refractivity contribution in [1.29, 1.82) is 0 Å². The predicted octanol–water partition coefficient (Wildman–Crippen LogP) is 3.65.